The Hall–Kier alpha value is -0.220. The second-order valence-electron chi connectivity index (χ2n) is 6.17. The van der Waals surface area contributed by atoms with E-state index in [1.807, 2.05) is 12.1 Å². The first-order chi connectivity index (χ1) is 9.43. The largest absolute Gasteiger partial charge is 0.329 e. The van der Waals surface area contributed by atoms with Crippen LogP contribution < -0.4 is 5.73 Å². The van der Waals surface area contributed by atoms with Gasteiger partial charge in [-0.25, -0.2) is 0 Å². The van der Waals surface area contributed by atoms with E-state index in [1.54, 1.807) is 0 Å². The highest BCUT2D eigenvalue weighted by Crippen LogP contribution is 2.31. The Morgan fingerprint density at radius 1 is 1.25 bits per heavy atom. The van der Waals surface area contributed by atoms with Crippen molar-refractivity contribution in [2.45, 2.75) is 43.2 Å². The van der Waals surface area contributed by atoms with Gasteiger partial charge in [0, 0.05) is 40.7 Å². The molecule has 3 atom stereocenters. The molecule has 0 spiro atoms. The molecule has 1 aromatic rings. The van der Waals surface area contributed by atoms with E-state index in [9.17, 15) is 0 Å². The molecule has 20 heavy (non-hydrogen) atoms. The highest BCUT2D eigenvalue weighted by Gasteiger charge is 2.35. The summed E-state index contributed by atoms with van der Waals surface area (Å²) in [6, 6.07) is 8.15. The van der Waals surface area contributed by atoms with Crippen LogP contribution in [0, 0.1) is 0 Å². The van der Waals surface area contributed by atoms with Crippen LogP contribution in [0.15, 0.2) is 24.3 Å². The molecule has 1 aliphatic rings. The minimum Gasteiger partial charge on any atom is -0.329 e. The molecule has 2 rings (SSSR count). The first kappa shape index (κ1) is 16.2. The molecular weight excluding hydrogens is 288 g/mol. The van der Waals surface area contributed by atoms with Gasteiger partial charge < -0.3 is 5.73 Å². The molecule has 2 nitrogen and oxygen atoms in total. The van der Waals surface area contributed by atoms with Crippen molar-refractivity contribution in [1.82, 2.24) is 4.90 Å². The van der Waals surface area contributed by atoms with Crippen molar-refractivity contribution in [3.63, 3.8) is 0 Å². The van der Waals surface area contributed by atoms with E-state index in [0.717, 1.165) is 24.5 Å². The van der Waals surface area contributed by atoms with Crippen molar-refractivity contribution >= 4 is 23.4 Å². The number of hydrogen-bond acceptors (Lipinski definition) is 3. The highest BCUT2D eigenvalue weighted by atomic mass is 35.5. The summed E-state index contributed by atoms with van der Waals surface area (Å²) in [6.07, 6.45) is 0.977. The highest BCUT2D eigenvalue weighted by molar-refractivity contribution is 8.00. The number of nitrogens with two attached hydrogens (primary N) is 1. The lowest BCUT2D eigenvalue weighted by molar-refractivity contribution is 0.108. The Labute approximate surface area is 132 Å². The van der Waals surface area contributed by atoms with Crippen molar-refractivity contribution in [3.05, 3.63) is 34.9 Å². The van der Waals surface area contributed by atoms with Crippen LogP contribution >= 0.6 is 23.4 Å². The van der Waals surface area contributed by atoms with Gasteiger partial charge in [-0.05, 0) is 31.0 Å². The van der Waals surface area contributed by atoms with Crippen molar-refractivity contribution in [1.29, 1.82) is 0 Å². The van der Waals surface area contributed by atoms with E-state index in [2.05, 4.69) is 49.6 Å². The lowest BCUT2D eigenvalue weighted by Crippen LogP contribution is -2.58. The Bertz CT molecular complexity index is 427. The summed E-state index contributed by atoms with van der Waals surface area (Å²) in [5.41, 5.74) is 7.46. The first-order valence-corrected chi connectivity index (χ1v) is 8.60. The van der Waals surface area contributed by atoms with Gasteiger partial charge in [-0.15, -0.1) is 0 Å². The molecule has 1 aromatic carbocycles. The third kappa shape index (κ3) is 3.91. The van der Waals surface area contributed by atoms with Crippen molar-refractivity contribution in [2.24, 2.45) is 5.73 Å². The summed E-state index contributed by atoms with van der Waals surface area (Å²) in [4.78, 5) is 2.58. The van der Waals surface area contributed by atoms with Crippen LogP contribution in [0.25, 0.3) is 0 Å². The topological polar surface area (TPSA) is 29.3 Å². The van der Waals surface area contributed by atoms with Gasteiger partial charge in [-0.1, -0.05) is 37.6 Å². The van der Waals surface area contributed by atoms with Crippen LogP contribution in [-0.2, 0) is 6.42 Å². The van der Waals surface area contributed by atoms with Crippen LogP contribution in [0.1, 0.15) is 26.3 Å². The predicted molar refractivity (Wildman–Crippen MR) is 90.7 cm³/mol. The Balaban J connectivity index is 2.13. The van der Waals surface area contributed by atoms with Gasteiger partial charge in [0.25, 0.3) is 0 Å². The Morgan fingerprint density at radius 2 is 1.80 bits per heavy atom. The van der Waals surface area contributed by atoms with E-state index in [0.29, 0.717) is 17.0 Å². The molecule has 0 bridgehead atoms. The van der Waals surface area contributed by atoms with Crippen molar-refractivity contribution < 1.29 is 0 Å². The number of rotatable bonds is 4. The summed E-state index contributed by atoms with van der Waals surface area (Å²) >= 11 is 8.05. The quantitative estimate of drug-likeness (QED) is 0.923. The van der Waals surface area contributed by atoms with Crippen LogP contribution in [-0.4, -0.2) is 40.6 Å². The lowest BCUT2D eigenvalue weighted by Gasteiger charge is -2.46. The molecular formula is C16H25ClN2S. The summed E-state index contributed by atoms with van der Waals surface area (Å²) in [6.45, 7) is 9.84. The second-order valence-corrected chi connectivity index (χ2v) is 8.48. The van der Waals surface area contributed by atoms with E-state index in [4.69, 9.17) is 17.3 Å². The number of nitrogens with zero attached hydrogens (tertiary/aromatic N) is 1. The fourth-order valence-corrected chi connectivity index (χ4v) is 4.42. The standard InChI is InChI=1S/C16H25ClN2S/c1-12-9-19(10-13(2)20-12)16(3,11-18)8-14-4-6-15(17)7-5-14/h4-7,12-13H,8-11,18H2,1-3H3. The molecule has 0 aliphatic carbocycles. The lowest BCUT2D eigenvalue weighted by atomic mass is 9.90. The maximum atomic E-state index is 6.13. The second kappa shape index (κ2) is 6.69. The minimum atomic E-state index is 0.0251. The molecule has 4 heteroatoms. The van der Waals surface area contributed by atoms with Crippen LogP contribution in [0.4, 0.5) is 0 Å². The van der Waals surface area contributed by atoms with Gasteiger partial charge >= 0.3 is 0 Å². The fraction of sp³-hybridized carbons (Fsp3) is 0.625. The summed E-state index contributed by atoms with van der Waals surface area (Å²) in [7, 11) is 0. The molecule has 3 unspecified atom stereocenters. The number of hydrogen-bond donors (Lipinski definition) is 1. The Morgan fingerprint density at radius 3 is 2.30 bits per heavy atom. The normalized spacial score (nSPS) is 27.2. The first-order valence-electron chi connectivity index (χ1n) is 7.28. The van der Waals surface area contributed by atoms with Crippen LogP contribution in [0.3, 0.4) is 0 Å². The van der Waals surface area contributed by atoms with Gasteiger partial charge in [0.15, 0.2) is 0 Å². The van der Waals surface area contributed by atoms with Crippen LogP contribution in [0.2, 0.25) is 5.02 Å². The summed E-state index contributed by atoms with van der Waals surface area (Å²) < 4.78 is 0. The summed E-state index contributed by atoms with van der Waals surface area (Å²) in [5, 5.41) is 2.14. The predicted octanol–water partition coefficient (Wildman–Crippen LogP) is 3.43. The molecule has 1 heterocycles. The molecule has 0 aromatic heterocycles. The van der Waals surface area contributed by atoms with Gasteiger partial charge in [-0.2, -0.15) is 11.8 Å². The zero-order valence-corrected chi connectivity index (χ0v) is 14.2. The number of benzene rings is 1. The third-order valence-electron chi connectivity index (χ3n) is 4.12. The smallest absolute Gasteiger partial charge is 0.0406 e. The van der Waals surface area contributed by atoms with E-state index < -0.39 is 0 Å². The van der Waals surface area contributed by atoms with Crippen molar-refractivity contribution in [2.75, 3.05) is 19.6 Å². The summed E-state index contributed by atoms with van der Waals surface area (Å²) in [5.74, 6) is 0. The number of thioether (sulfide) groups is 1. The monoisotopic (exact) mass is 312 g/mol. The molecule has 2 N–H and O–H groups in total. The molecule has 0 saturated carbocycles. The zero-order valence-electron chi connectivity index (χ0n) is 12.6. The fourth-order valence-electron chi connectivity index (χ4n) is 2.97. The third-order valence-corrected chi connectivity index (χ3v) is 5.60. The van der Waals surface area contributed by atoms with Crippen LogP contribution in [0.5, 0.6) is 0 Å². The minimum absolute atomic E-state index is 0.0251. The van der Waals surface area contributed by atoms with Gasteiger partial charge in [0.1, 0.15) is 0 Å². The zero-order chi connectivity index (χ0) is 14.8. The molecule has 0 amide bonds. The molecule has 0 radical (unpaired) electrons. The molecule has 1 saturated heterocycles. The SMILES string of the molecule is CC1CN(C(C)(CN)Cc2ccc(Cl)cc2)CC(C)S1. The molecule has 1 fully saturated rings. The molecule has 112 valence electrons. The van der Waals surface area contributed by atoms with Gasteiger partial charge in [-0.3, -0.25) is 4.90 Å². The maximum absolute atomic E-state index is 6.13. The number of halogens is 1. The Kier molecular flexibility index (Phi) is 5.41. The van der Waals surface area contributed by atoms with Gasteiger partial charge in [0.2, 0.25) is 0 Å². The van der Waals surface area contributed by atoms with E-state index >= 15 is 0 Å². The maximum Gasteiger partial charge on any atom is 0.0406 e. The average molecular weight is 313 g/mol. The average Bonchev–Trinajstić information content (AvgIpc) is 2.40. The van der Waals surface area contributed by atoms with Gasteiger partial charge in [0.05, 0.1) is 0 Å². The van der Waals surface area contributed by atoms with E-state index in [-0.39, 0.29) is 5.54 Å². The van der Waals surface area contributed by atoms with E-state index in [1.165, 1.54) is 5.56 Å². The molecule has 1 aliphatic heterocycles. The van der Waals surface area contributed by atoms with Crippen molar-refractivity contribution in [3.8, 4) is 0 Å².